The van der Waals surface area contributed by atoms with Crippen LogP contribution in [-0.2, 0) is 0 Å². The van der Waals surface area contributed by atoms with Gasteiger partial charge in [-0.2, -0.15) is 0 Å². The van der Waals surface area contributed by atoms with Crippen molar-refractivity contribution in [1.29, 1.82) is 0 Å². The van der Waals surface area contributed by atoms with E-state index in [0.717, 1.165) is 42.0 Å². The molecule has 0 spiro atoms. The predicted molar refractivity (Wildman–Crippen MR) is 112 cm³/mol. The molecule has 2 aromatic heterocycles. The topological polar surface area (TPSA) is 42.5 Å². The van der Waals surface area contributed by atoms with Crippen molar-refractivity contribution in [3.63, 3.8) is 0 Å². The van der Waals surface area contributed by atoms with Crippen molar-refractivity contribution in [1.82, 2.24) is 19.1 Å². The molecule has 5 rings (SSSR count). The van der Waals surface area contributed by atoms with Crippen LogP contribution in [0.4, 0.5) is 0 Å². The highest BCUT2D eigenvalue weighted by Crippen LogP contribution is 2.24. The minimum atomic E-state index is -0.0340. The average Bonchev–Trinajstić information content (AvgIpc) is 3.38. The van der Waals surface area contributed by atoms with Gasteiger partial charge >= 0.3 is 0 Å². The zero-order valence-electron chi connectivity index (χ0n) is 15.5. The van der Waals surface area contributed by atoms with Gasteiger partial charge in [-0.15, -0.1) is 0 Å². The van der Waals surface area contributed by atoms with Gasteiger partial charge in [0.15, 0.2) is 5.65 Å². The number of nitrogens with zero attached hydrogens (tertiary/aromatic N) is 4. The van der Waals surface area contributed by atoms with Crippen LogP contribution in [0.5, 0.6) is 0 Å². The first-order valence-corrected chi connectivity index (χ1v) is 9.71. The lowest BCUT2D eigenvalue weighted by Gasteiger charge is -2.10. The third kappa shape index (κ3) is 2.54. The molecule has 3 heterocycles. The average molecular weight is 391 g/mol. The van der Waals surface area contributed by atoms with Crippen LogP contribution in [0.3, 0.4) is 0 Å². The van der Waals surface area contributed by atoms with E-state index >= 15 is 0 Å². The molecule has 1 saturated heterocycles. The molecule has 0 bridgehead atoms. The monoisotopic (exact) mass is 390 g/mol. The molecule has 0 saturated carbocycles. The minimum absolute atomic E-state index is 0.0340. The molecule has 0 atom stereocenters. The van der Waals surface area contributed by atoms with Gasteiger partial charge in [0.2, 0.25) is 0 Å². The molecule has 0 radical (unpaired) electrons. The second kappa shape index (κ2) is 6.53. The maximum atomic E-state index is 13.6. The van der Waals surface area contributed by atoms with E-state index in [1.54, 1.807) is 4.68 Å². The minimum Gasteiger partial charge on any atom is -0.377 e. The number of fused-ring (bicyclic) bond motifs is 1. The fourth-order valence-corrected chi connectivity index (χ4v) is 4.13. The molecule has 0 aliphatic carbocycles. The molecular weight excluding hydrogens is 372 g/mol. The van der Waals surface area contributed by atoms with Crippen LogP contribution in [0, 0.1) is 0 Å². The van der Waals surface area contributed by atoms with Crippen molar-refractivity contribution in [3.05, 3.63) is 81.4 Å². The lowest BCUT2D eigenvalue weighted by Crippen LogP contribution is -2.32. The Morgan fingerprint density at radius 3 is 2.46 bits per heavy atom. The fourth-order valence-electron chi connectivity index (χ4n) is 4.01. The van der Waals surface area contributed by atoms with Gasteiger partial charge < -0.3 is 4.90 Å². The Balaban J connectivity index is 1.92. The number of aromatic nitrogens is 3. The number of benzene rings is 2. The zero-order valence-corrected chi connectivity index (χ0v) is 16.2. The number of imidazole rings is 1. The molecule has 2 aromatic carbocycles. The SMILES string of the molecule is CN1CCCC1=c1c(=O)n(-c2ccccc2)n2c(-c3ccc(Cl)cc3)cnc12. The standard InChI is InChI=1S/C22H19ClN4O/c1-25-13-5-8-18(25)20-21-24-14-19(15-9-11-16(23)12-10-15)27(21)26(22(20)28)17-6-3-2-4-7-17/h2-4,6-7,9-12,14H,5,8,13H2,1H3. The van der Waals surface area contributed by atoms with Crippen LogP contribution in [0.25, 0.3) is 28.3 Å². The van der Waals surface area contributed by atoms with Gasteiger partial charge in [0, 0.05) is 29.9 Å². The highest BCUT2D eigenvalue weighted by atomic mass is 35.5. The molecule has 1 aliphatic heterocycles. The summed E-state index contributed by atoms with van der Waals surface area (Å²) in [5.74, 6) is 0. The molecule has 5 nitrogen and oxygen atoms in total. The number of likely N-dealkylation sites (tertiary alicyclic amines) is 1. The van der Waals surface area contributed by atoms with Crippen LogP contribution in [0.15, 0.2) is 65.6 Å². The lowest BCUT2D eigenvalue weighted by atomic mass is 10.2. The maximum Gasteiger partial charge on any atom is 0.283 e. The smallest absolute Gasteiger partial charge is 0.283 e. The van der Waals surface area contributed by atoms with Crippen molar-refractivity contribution in [2.24, 2.45) is 0 Å². The van der Waals surface area contributed by atoms with E-state index < -0.39 is 0 Å². The number of hydrogen-bond acceptors (Lipinski definition) is 3. The molecule has 1 aliphatic rings. The Hall–Kier alpha value is -3.05. The number of halogens is 1. The molecule has 1 fully saturated rings. The Morgan fingerprint density at radius 2 is 1.79 bits per heavy atom. The Labute approximate surface area is 167 Å². The normalized spacial score (nSPS) is 16.3. The summed E-state index contributed by atoms with van der Waals surface area (Å²) in [4.78, 5) is 20.4. The summed E-state index contributed by atoms with van der Waals surface area (Å²) in [7, 11) is 2.04. The summed E-state index contributed by atoms with van der Waals surface area (Å²) in [5.41, 5.74) is 4.37. The summed E-state index contributed by atoms with van der Waals surface area (Å²) < 4.78 is 3.65. The van der Waals surface area contributed by atoms with E-state index in [4.69, 9.17) is 11.6 Å². The third-order valence-electron chi connectivity index (χ3n) is 5.36. The first kappa shape index (κ1) is 17.1. The Bertz CT molecular complexity index is 1270. The summed E-state index contributed by atoms with van der Waals surface area (Å²) >= 11 is 6.06. The van der Waals surface area contributed by atoms with Gasteiger partial charge in [0.1, 0.15) is 5.22 Å². The third-order valence-corrected chi connectivity index (χ3v) is 5.62. The van der Waals surface area contributed by atoms with Gasteiger partial charge in [-0.05, 0) is 37.1 Å². The number of rotatable bonds is 2. The van der Waals surface area contributed by atoms with E-state index in [2.05, 4.69) is 9.88 Å². The van der Waals surface area contributed by atoms with E-state index in [1.807, 2.05) is 72.4 Å². The van der Waals surface area contributed by atoms with Crippen LogP contribution in [0.1, 0.15) is 12.8 Å². The zero-order chi connectivity index (χ0) is 19.3. The highest BCUT2D eigenvalue weighted by molar-refractivity contribution is 6.30. The van der Waals surface area contributed by atoms with Crippen LogP contribution < -0.4 is 10.8 Å². The van der Waals surface area contributed by atoms with Crippen molar-refractivity contribution < 1.29 is 0 Å². The summed E-state index contributed by atoms with van der Waals surface area (Å²) in [5, 5.41) is 1.38. The van der Waals surface area contributed by atoms with Gasteiger partial charge in [0.25, 0.3) is 5.56 Å². The molecule has 0 amide bonds. The second-order valence-electron chi connectivity index (χ2n) is 7.09. The fraction of sp³-hybridized carbons (Fsp3) is 0.182. The molecule has 0 N–H and O–H groups in total. The van der Waals surface area contributed by atoms with Gasteiger partial charge in [-0.3, -0.25) is 4.79 Å². The molecule has 0 unspecified atom stereocenters. The van der Waals surface area contributed by atoms with Crippen molar-refractivity contribution in [2.45, 2.75) is 12.8 Å². The molecule has 4 aromatic rings. The largest absolute Gasteiger partial charge is 0.377 e. The van der Waals surface area contributed by atoms with Crippen molar-refractivity contribution >= 4 is 22.9 Å². The van der Waals surface area contributed by atoms with Crippen LogP contribution in [-0.4, -0.2) is 32.7 Å². The van der Waals surface area contributed by atoms with Gasteiger partial charge in [-0.1, -0.05) is 41.9 Å². The van der Waals surface area contributed by atoms with E-state index in [-0.39, 0.29) is 5.56 Å². The molecule has 140 valence electrons. The Kier molecular flexibility index (Phi) is 3.98. The Morgan fingerprint density at radius 1 is 1.04 bits per heavy atom. The number of hydrogen-bond donors (Lipinski definition) is 0. The summed E-state index contributed by atoms with van der Waals surface area (Å²) in [6.45, 7) is 0.961. The van der Waals surface area contributed by atoms with Crippen LogP contribution >= 0.6 is 11.6 Å². The van der Waals surface area contributed by atoms with Gasteiger partial charge in [-0.25, -0.2) is 14.2 Å². The first-order chi connectivity index (χ1) is 13.6. The van der Waals surface area contributed by atoms with E-state index in [9.17, 15) is 4.79 Å². The second-order valence-corrected chi connectivity index (χ2v) is 7.52. The van der Waals surface area contributed by atoms with E-state index in [1.165, 1.54) is 0 Å². The van der Waals surface area contributed by atoms with Crippen LogP contribution in [0.2, 0.25) is 5.02 Å². The summed E-state index contributed by atoms with van der Waals surface area (Å²) in [6, 6.07) is 17.3. The quantitative estimate of drug-likeness (QED) is 0.527. The molecule has 6 heteroatoms. The van der Waals surface area contributed by atoms with Crippen molar-refractivity contribution in [2.75, 3.05) is 13.6 Å². The number of para-hydroxylation sites is 1. The van der Waals surface area contributed by atoms with E-state index in [0.29, 0.717) is 15.9 Å². The first-order valence-electron chi connectivity index (χ1n) is 9.33. The lowest BCUT2D eigenvalue weighted by molar-refractivity contribution is 0.527. The highest BCUT2D eigenvalue weighted by Gasteiger charge is 2.23. The summed E-state index contributed by atoms with van der Waals surface area (Å²) in [6.07, 6.45) is 3.78. The van der Waals surface area contributed by atoms with Crippen molar-refractivity contribution in [3.8, 4) is 16.9 Å². The maximum absolute atomic E-state index is 13.6. The van der Waals surface area contributed by atoms with Gasteiger partial charge in [0.05, 0.1) is 17.6 Å². The predicted octanol–water partition coefficient (Wildman–Crippen LogP) is 3.36. The molecule has 28 heavy (non-hydrogen) atoms. The molecular formula is C22H19ClN4O.